The summed E-state index contributed by atoms with van der Waals surface area (Å²) in [6.07, 6.45) is 7.14. The van der Waals surface area contributed by atoms with Crippen LogP contribution in [0.2, 0.25) is 0 Å². The summed E-state index contributed by atoms with van der Waals surface area (Å²) >= 11 is 3.42. The fraction of sp³-hybridized carbons (Fsp3) is 0.261. The molecule has 260 valence electrons. The molecule has 3 saturated heterocycles. The molecule has 52 heavy (non-hydrogen) atoms. The second-order valence-electron chi connectivity index (χ2n) is 14.3. The minimum absolute atomic E-state index is 0.0455. The lowest BCUT2D eigenvalue weighted by Gasteiger charge is -2.29. The predicted octanol–water partition coefficient (Wildman–Crippen LogP) is 11.1. The molecule has 4 heterocycles. The number of thioether (sulfide) groups is 1. The Morgan fingerprint density at radius 2 is 1.12 bits per heavy atom. The standard InChI is InChI=1S/C46H42N2O2S2/c49-41-39(43-35(31-19-7-1-8-20-31)37(33-23-11-3-12-24-33)45(51-43)47-27-15-5-16-28-47)42(50)40(41)44-36(32-21-9-2-10-22-32)38(34-25-13-4-14-26-34)46(52-44)48-29-17-6-18-30-48/h1-4,7-14,19-26,35,37H,5-6,15-18,27-30H2/p+1. The molecule has 3 aliphatic heterocycles. The molecule has 5 aromatic rings. The first kappa shape index (κ1) is 33.2. The van der Waals surface area contributed by atoms with E-state index < -0.39 is 0 Å². The van der Waals surface area contributed by atoms with Crippen LogP contribution in [-0.2, 0) is 4.79 Å². The van der Waals surface area contributed by atoms with E-state index in [4.69, 9.17) is 0 Å². The Kier molecular flexibility index (Phi) is 9.20. The zero-order valence-corrected chi connectivity index (χ0v) is 31.0. The third-order valence-corrected chi connectivity index (χ3v) is 13.8. The summed E-state index contributed by atoms with van der Waals surface area (Å²) in [7, 11) is 0. The van der Waals surface area contributed by atoms with Crippen LogP contribution in [0, 0.1) is 0 Å². The van der Waals surface area contributed by atoms with Gasteiger partial charge in [0, 0.05) is 47.9 Å². The zero-order chi connectivity index (χ0) is 35.0. The Bertz CT molecular complexity index is 2190. The number of Topliss-reactive ketones (excluding diaryl/α,β-unsaturated/α-hetero) is 1. The summed E-state index contributed by atoms with van der Waals surface area (Å²) in [5, 5.41) is 14.9. The number of aliphatic hydroxyl groups is 1. The third-order valence-electron chi connectivity index (χ3n) is 11.1. The van der Waals surface area contributed by atoms with E-state index in [0.717, 1.165) is 71.1 Å². The highest BCUT2D eigenvalue weighted by molar-refractivity contribution is 8.17. The van der Waals surface area contributed by atoms with E-state index in [1.165, 1.54) is 46.9 Å². The SMILES string of the molecule is O=C1C(c2sc(N3CCCCC3)c(-c3ccccc3)c2-c2ccccc2)=C(O)/C1=C1/SC(=[N+]2CCCCC2)C(c2ccccc2)C1c1ccccc1. The van der Waals surface area contributed by atoms with Gasteiger partial charge >= 0.3 is 0 Å². The van der Waals surface area contributed by atoms with Gasteiger partial charge in [0.15, 0.2) is 0 Å². The molecule has 2 atom stereocenters. The van der Waals surface area contributed by atoms with Gasteiger partial charge in [-0.25, -0.2) is 4.58 Å². The molecule has 1 aromatic heterocycles. The number of ketones is 1. The summed E-state index contributed by atoms with van der Waals surface area (Å²) in [4.78, 5) is 19.3. The lowest BCUT2D eigenvalue weighted by atomic mass is 9.76. The highest BCUT2D eigenvalue weighted by Gasteiger charge is 2.51. The molecule has 4 nitrogen and oxygen atoms in total. The molecule has 0 radical (unpaired) electrons. The third kappa shape index (κ3) is 5.86. The van der Waals surface area contributed by atoms with Crippen LogP contribution in [0.5, 0.6) is 0 Å². The van der Waals surface area contributed by atoms with E-state index in [2.05, 4.69) is 125 Å². The highest BCUT2D eigenvalue weighted by Crippen LogP contribution is 2.60. The maximum atomic E-state index is 15.0. The topological polar surface area (TPSA) is 43.6 Å². The monoisotopic (exact) mass is 719 g/mol. The maximum absolute atomic E-state index is 15.0. The van der Waals surface area contributed by atoms with Crippen molar-refractivity contribution in [2.45, 2.75) is 50.4 Å². The molecule has 4 aliphatic rings. The van der Waals surface area contributed by atoms with Gasteiger partial charge < -0.3 is 10.0 Å². The number of hydrogen-bond acceptors (Lipinski definition) is 5. The summed E-state index contributed by atoms with van der Waals surface area (Å²) in [5.74, 6) is 0.0870. The summed E-state index contributed by atoms with van der Waals surface area (Å²) in [6, 6.07) is 42.5. The summed E-state index contributed by atoms with van der Waals surface area (Å²) in [5.41, 5.74) is 7.77. The second kappa shape index (κ2) is 14.4. The van der Waals surface area contributed by atoms with Gasteiger partial charge in [0.2, 0.25) is 10.8 Å². The average Bonchev–Trinajstić information content (AvgIpc) is 3.80. The van der Waals surface area contributed by atoms with Crippen LogP contribution in [0.4, 0.5) is 5.00 Å². The number of rotatable bonds is 6. The van der Waals surface area contributed by atoms with Crippen LogP contribution in [0.15, 0.2) is 138 Å². The largest absolute Gasteiger partial charge is 0.506 e. The van der Waals surface area contributed by atoms with Crippen molar-refractivity contribution < 1.29 is 14.5 Å². The minimum atomic E-state index is -0.0751. The van der Waals surface area contributed by atoms with Crippen molar-refractivity contribution in [3.8, 4) is 22.3 Å². The van der Waals surface area contributed by atoms with Gasteiger partial charge in [-0.1, -0.05) is 121 Å². The Morgan fingerprint density at radius 3 is 1.69 bits per heavy atom. The van der Waals surface area contributed by atoms with Crippen LogP contribution in [0.3, 0.4) is 0 Å². The smallest absolute Gasteiger partial charge is 0.223 e. The molecule has 9 rings (SSSR count). The molecular formula is C46H43N2O2S2+. The Hall–Kier alpha value is -4.65. The van der Waals surface area contributed by atoms with E-state index >= 15 is 0 Å². The lowest BCUT2D eigenvalue weighted by molar-refractivity contribution is -0.536. The first-order valence-corrected chi connectivity index (χ1v) is 20.5. The van der Waals surface area contributed by atoms with Crippen molar-refractivity contribution in [1.82, 2.24) is 0 Å². The Balaban J connectivity index is 1.27. The molecule has 0 spiro atoms. The average molecular weight is 720 g/mol. The van der Waals surface area contributed by atoms with Crippen molar-refractivity contribution in [2.75, 3.05) is 31.1 Å². The van der Waals surface area contributed by atoms with Crippen LogP contribution in [0.1, 0.15) is 66.4 Å². The highest BCUT2D eigenvalue weighted by atomic mass is 32.2. The molecule has 1 N–H and O–H groups in total. The summed E-state index contributed by atoms with van der Waals surface area (Å²) < 4.78 is 2.56. The molecule has 4 aromatic carbocycles. The van der Waals surface area contributed by atoms with Gasteiger partial charge in [0.05, 0.1) is 21.9 Å². The number of anilines is 1. The zero-order valence-electron chi connectivity index (χ0n) is 29.3. The molecule has 0 bridgehead atoms. The molecular weight excluding hydrogens is 677 g/mol. The number of hydrogen-bond donors (Lipinski definition) is 1. The van der Waals surface area contributed by atoms with Crippen molar-refractivity contribution in [2.24, 2.45) is 0 Å². The number of piperidine rings is 2. The molecule has 6 heteroatoms. The minimum Gasteiger partial charge on any atom is -0.506 e. The van der Waals surface area contributed by atoms with E-state index in [1.807, 2.05) is 6.07 Å². The van der Waals surface area contributed by atoms with Crippen molar-refractivity contribution >= 4 is 44.5 Å². The molecule has 2 unspecified atom stereocenters. The second-order valence-corrected chi connectivity index (χ2v) is 16.4. The van der Waals surface area contributed by atoms with Gasteiger partial charge in [-0.05, 0) is 59.7 Å². The van der Waals surface area contributed by atoms with Crippen LogP contribution in [-0.4, -0.2) is 46.7 Å². The molecule has 1 aliphatic carbocycles. The quantitative estimate of drug-likeness (QED) is 0.140. The first-order chi connectivity index (χ1) is 25.7. The molecule has 3 fully saturated rings. The Labute approximate surface area is 314 Å². The van der Waals surface area contributed by atoms with Gasteiger partial charge in [-0.15, -0.1) is 11.3 Å². The number of benzene rings is 4. The number of thiophene rings is 1. The van der Waals surface area contributed by atoms with E-state index in [9.17, 15) is 9.90 Å². The van der Waals surface area contributed by atoms with Crippen molar-refractivity contribution in [3.63, 3.8) is 0 Å². The Morgan fingerprint density at radius 1 is 0.596 bits per heavy atom. The fourth-order valence-electron chi connectivity index (χ4n) is 8.62. The van der Waals surface area contributed by atoms with Crippen molar-refractivity contribution in [1.29, 1.82) is 0 Å². The number of carbonyl (C=O) groups excluding carboxylic acids is 1. The predicted molar refractivity (Wildman–Crippen MR) is 218 cm³/mol. The van der Waals surface area contributed by atoms with Gasteiger partial charge in [-0.2, -0.15) is 0 Å². The first-order valence-electron chi connectivity index (χ1n) is 18.8. The van der Waals surface area contributed by atoms with E-state index in [0.29, 0.717) is 11.1 Å². The molecule has 0 saturated carbocycles. The van der Waals surface area contributed by atoms with E-state index in [-0.39, 0.29) is 23.4 Å². The van der Waals surface area contributed by atoms with Gasteiger partial charge in [0.1, 0.15) is 23.8 Å². The van der Waals surface area contributed by atoms with E-state index in [1.54, 1.807) is 23.1 Å². The lowest BCUT2D eigenvalue weighted by Crippen LogP contribution is -2.29. The van der Waals surface area contributed by atoms with Gasteiger partial charge in [-0.3, -0.25) is 4.79 Å². The normalized spacial score (nSPS) is 22.2. The maximum Gasteiger partial charge on any atom is 0.223 e. The van der Waals surface area contributed by atoms with Crippen LogP contribution in [0.25, 0.3) is 27.8 Å². The number of allylic oxidation sites excluding steroid dienone is 3. The summed E-state index contributed by atoms with van der Waals surface area (Å²) in [6.45, 7) is 4.03. The number of nitrogens with zero attached hydrogens (tertiary/aromatic N) is 2. The number of carbonyl (C=O) groups is 1. The van der Waals surface area contributed by atoms with Crippen LogP contribution >= 0.6 is 23.1 Å². The van der Waals surface area contributed by atoms with Crippen molar-refractivity contribution in [3.05, 3.63) is 154 Å². The van der Waals surface area contributed by atoms with Gasteiger partial charge in [0.25, 0.3) is 0 Å². The molecule has 0 amide bonds. The number of aliphatic hydroxyl groups excluding tert-OH is 1. The fourth-order valence-corrected chi connectivity index (χ4v) is 11.7. The van der Waals surface area contributed by atoms with Crippen LogP contribution < -0.4 is 4.90 Å².